The Kier molecular flexibility index (Phi) is 5.95. The normalized spacial score (nSPS) is 13.4. The van der Waals surface area contributed by atoms with Gasteiger partial charge in [0.15, 0.2) is 0 Å². The minimum absolute atomic E-state index is 0.115. The summed E-state index contributed by atoms with van der Waals surface area (Å²) in [4.78, 5) is 23.9. The van der Waals surface area contributed by atoms with E-state index in [1.807, 2.05) is 0 Å². The largest absolute Gasteiger partial charge is 0.481 e. The highest BCUT2D eigenvalue weighted by atomic mass is 16.4. The molecule has 7 heteroatoms. The molecule has 0 unspecified atom stereocenters. The fourth-order valence-electron chi connectivity index (χ4n) is 1.16. The van der Waals surface area contributed by atoms with Crippen molar-refractivity contribution in [2.24, 2.45) is 5.11 Å². The van der Waals surface area contributed by atoms with Crippen molar-refractivity contribution in [2.75, 3.05) is 6.54 Å². The zero-order valence-corrected chi connectivity index (χ0v) is 9.43. The molecule has 0 aliphatic carbocycles. The Morgan fingerprint density at radius 1 is 1.50 bits per heavy atom. The summed E-state index contributed by atoms with van der Waals surface area (Å²) in [6.45, 7) is 3.30. The fraction of sp³-hybridized carbons (Fsp3) is 0.778. The lowest BCUT2D eigenvalue weighted by Gasteiger charge is -2.17. The minimum atomic E-state index is -1.40. The molecule has 0 bridgehead atoms. The summed E-state index contributed by atoms with van der Waals surface area (Å²) in [6, 6.07) is 0. The first-order chi connectivity index (χ1) is 7.42. The second kappa shape index (κ2) is 6.68. The quantitative estimate of drug-likeness (QED) is 0.297. The van der Waals surface area contributed by atoms with Gasteiger partial charge in [-0.25, -0.2) is 0 Å². The van der Waals surface area contributed by atoms with Crippen LogP contribution in [0.4, 0.5) is 0 Å². The molecule has 0 heterocycles. The molecule has 0 aromatic rings. The smallest absolute Gasteiger partial charge is 0.315 e. The van der Waals surface area contributed by atoms with Crippen LogP contribution in [0, 0.1) is 0 Å². The third-order valence-corrected chi connectivity index (χ3v) is 2.19. The van der Waals surface area contributed by atoms with Crippen LogP contribution in [0.2, 0.25) is 0 Å². The van der Waals surface area contributed by atoms with Gasteiger partial charge in [-0.15, -0.1) is 0 Å². The Bertz CT molecular complexity index is 308. The highest BCUT2D eigenvalue weighted by Gasteiger charge is 2.31. The number of carbonyl (C=O) groups is 2. The van der Waals surface area contributed by atoms with Crippen LogP contribution in [0.5, 0.6) is 0 Å². The summed E-state index contributed by atoms with van der Waals surface area (Å²) in [5, 5.41) is 14.8. The van der Waals surface area contributed by atoms with E-state index in [0.717, 1.165) is 0 Å². The number of carboxylic acids is 1. The van der Waals surface area contributed by atoms with Crippen molar-refractivity contribution in [1.82, 2.24) is 5.32 Å². The average molecular weight is 228 g/mol. The lowest BCUT2D eigenvalue weighted by atomic mass is 9.96. The summed E-state index contributed by atoms with van der Waals surface area (Å²) in [7, 11) is 0. The molecule has 0 fully saturated rings. The highest BCUT2D eigenvalue weighted by Crippen LogP contribution is 2.19. The molecule has 0 radical (unpaired) electrons. The molecule has 90 valence electrons. The van der Waals surface area contributed by atoms with E-state index in [1.54, 1.807) is 0 Å². The van der Waals surface area contributed by atoms with Gasteiger partial charge < -0.3 is 10.4 Å². The molecular weight excluding hydrogens is 212 g/mol. The first-order valence-electron chi connectivity index (χ1n) is 4.96. The van der Waals surface area contributed by atoms with E-state index in [-0.39, 0.29) is 12.3 Å². The summed E-state index contributed by atoms with van der Waals surface area (Å²) in [5.41, 5.74) is 6.87. The molecule has 0 aromatic carbocycles. The van der Waals surface area contributed by atoms with E-state index in [1.165, 1.54) is 13.8 Å². The van der Waals surface area contributed by atoms with E-state index in [0.29, 0.717) is 19.4 Å². The Hall–Kier alpha value is -1.75. The monoisotopic (exact) mass is 228 g/mol. The van der Waals surface area contributed by atoms with Crippen LogP contribution in [0.1, 0.15) is 33.1 Å². The van der Waals surface area contributed by atoms with Crippen molar-refractivity contribution in [3.05, 3.63) is 10.4 Å². The lowest BCUT2D eigenvalue weighted by Crippen LogP contribution is -2.32. The second-order valence-electron chi connectivity index (χ2n) is 3.71. The molecule has 0 saturated heterocycles. The van der Waals surface area contributed by atoms with Gasteiger partial charge in [-0.05, 0) is 25.3 Å². The summed E-state index contributed by atoms with van der Waals surface area (Å²) in [5.74, 6) is -1.25. The molecule has 0 aromatic heterocycles. The Balaban J connectivity index is 4.00. The molecular formula is C9H16N4O3. The summed E-state index contributed by atoms with van der Waals surface area (Å²) >= 11 is 0. The maximum atomic E-state index is 10.8. The molecule has 0 aliphatic heterocycles. The minimum Gasteiger partial charge on any atom is -0.481 e. The Morgan fingerprint density at radius 2 is 2.12 bits per heavy atom. The number of rotatable bonds is 7. The third-order valence-electron chi connectivity index (χ3n) is 2.19. The number of aliphatic carboxylic acids is 1. The predicted molar refractivity (Wildman–Crippen MR) is 57.7 cm³/mol. The number of carbonyl (C=O) groups excluding carboxylic acids is 1. The molecule has 1 amide bonds. The molecule has 7 nitrogen and oxygen atoms in total. The van der Waals surface area contributed by atoms with E-state index >= 15 is 0 Å². The van der Waals surface area contributed by atoms with Gasteiger partial charge >= 0.3 is 5.97 Å². The van der Waals surface area contributed by atoms with Crippen molar-refractivity contribution >= 4 is 11.9 Å². The first-order valence-corrected chi connectivity index (χ1v) is 4.96. The fourth-order valence-corrected chi connectivity index (χ4v) is 1.16. The summed E-state index contributed by atoms with van der Waals surface area (Å²) in [6.07, 6.45) is 1.48. The number of azide groups is 1. The molecule has 1 atom stereocenters. The number of amides is 1. The van der Waals surface area contributed by atoms with Gasteiger partial charge in [-0.1, -0.05) is 11.5 Å². The number of nitrogens with one attached hydrogen (secondary N) is 1. The van der Waals surface area contributed by atoms with Crippen molar-refractivity contribution in [1.29, 1.82) is 0 Å². The maximum absolute atomic E-state index is 10.8. The van der Waals surface area contributed by atoms with Crippen LogP contribution in [-0.4, -0.2) is 29.1 Å². The zero-order valence-electron chi connectivity index (χ0n) is 9.43. The SMILES string of the molecule is CC(=O)NCCCC[C@](C)(N=[N+]=[N-])C(=O)O. The van der Waals surface area contributed by atoms with Crippen molar-refractivity contribution in [2.45, 2.75) is 38.6 Å². The zero-order chi connectivity index (χ0) is 12.6. The lowest BCUT2D eigenvalue weighted by molar-refractivity contribution is -0.142. The average Bonchev–Trinajstić information content (AvgIpc) is 2.17. The van der Waals surface area contributed by atoms with E-state index in [2.05, 4.69) is 15.3 Å². The molecule has 16 heavy (non-hydrogen) atoms. The van der Waals surface area contributed by atoms with Crippen LogP contribution in [-0.2, 0) is 9.59 Å². The van der Waals surface area contributed by atoms with Gasteiger partial charge in [0, 0.05) is 18.4 Å². The van der Waals surface area contributed by atoms with E-state index < -0.39 is 11.5 Å². The van der Waals surface area contributed by atoms with Gasteiger partial charge in [0.1, 0.15) is 5.54 Å². The number of unbranched alkanes of at least 4 members (excludes halogenated alkanes) is 1. The number of nitrogens with zero attached hydrogens (tertiary/aromatic N) is 3. The van der Waals surface area contributed by atoms with Crippen LogP contribution >= 0.6 is 0 Å². The molecule has 0 rings (SSSR count). The van der Waals surface area contributed by atoms with Crippen molar-refractivity contribution in [3.8, 4) is 0 Å². The Morgan fingerprint density at radius 3 is 2.56 bits per heavy atom. The third kappa shape index (κ3) is 5.21. The van der Waals surface area contributed by atoms with Gasteiger partial charge in [-0.2, -0.15) is 0 Å². The number of hydrogen-bond donors (Lipinski definition) is 2. The van der Waals surface area contributed by atoms with E-state index in [4.69, 9.17) is 10.6 Å². The highest BCUT2D eigenvalue weighted by molar-refractivity contribution is 5.78. The van der Waals surface area contributed by atoms with Crippen LogP contribution < -0.4 is 5.32 Å². The maximum Gasteiger partial charge on any atom is 0.315 e. The molecule has 0 aliphatic rings. The van der Waals surface area contributed by atoms with Crippen molar-refractivity contribution in [3.63, 3.8) is 0 Å². The molecule has 2 N–H and O–H groups in total. The van der Waals surface area contributed by atoms with Crippen LogP contribution in [0.15, 0.2) is 5.11 Å². The van der Waals surface area contributed by atoms with Crippen molar-refractivity contribution < 1.29 is 14.7 Å². The van der Waals surface area contributed by atoms with Gasteiger partial charge in [-0.3, -0.25) is 9.59 Å². The first kappa shape index (κ1) is 14.2. The molecule has 0 saturated carbocycles. The second-order valence-corrected chi connectivity index (χ2v) is 3.71. The van der Waals surface area contributed by atoms with Gasteiger partial charge in [0.25, 0.3) is 0 Å². The van der Waals surface area contributed by atoms with Crippen LogP contribution in [0.25, 0.3) is 10.4 Å². The topological polar surface area (TPSA) is 115 Å². The van der Waals surface area contributed by atoms with E-state index in [9.17, 15) is 9.59 Å². The standard InChI is InChI=1S/C9H16N4O3/c1-7(14)11-6-4-3-5-9(2,8(15)16)12-13-10/h3-6H2,1-2H3,(H,11,14)(H,15,16)/t9-/m0/s1. The molecule has 0 spiro atoms. The Labute approximate surface area is 93.5 Å². The number of carboxylic acid groups (broad SMARTS) is 1. The predicted octanol–water partition coefficient (Wildman–Crippen LogP) is 1.45. The summed E-state index contributed by atoms with van der Waals surface area (Å²) < 4.78 is 0. The number of hydrogen-bond acceptors (Lipinski definition) is 3. The van der Waals surface area contributed by atoms with Gasteiger partial charge in [0.05, 0.1) is 0 Å². The van der Waals surface area contributed by atoms with Gasteiger partial charge in [0.2, 0.25) is 5.91 Å². The van der Waals surface area contributed by atoms with Crippen LogP contribution in [0.3, 0.4) is 0 Å².